The summed E-state index contributed by atoms with van der Waals surface area (Å²) in [4.78, 5) is 0. The van der Waals surface area contributed by atoms with Gasteiger partial charge in [0.25, 0.3) is 0 Å². The molecule has 0 aromatic carbocycles. The second kappa shape index (κ2) is 5.08. The molecule has 1 aliphatic heterocycles. The summed E-state index contributed by atoms with van der Waals surface area (Å²) in [6.07, 6.45) is 6.06. The van der Waals surface area contributed by atoms with Crippen molar-refractivity contribution in [3.63, 3.8) is 0 Å². The monoisotopic (exact) mass is 194 g/mol. The molecular weight excluding hydrogens is 178 g/mol. The maximum atomic E-state index is 5.46. The highest BCUT2D eigenvalue weighted by molar-refractivity contribution is 4.83. The fraction of sp³-hybridized carbons (Fsp3) is 0.545. The summed E-state index contributed by atoms with van der Waals surface area (Å²) in [5.74, 6) is 0. The molecule has 0 N–H and O–H groups in total. The molecule has 76 valence electrons. The average Bonchev–Trinajstić information content (AvgIpc) is 2.29. The minimum Gasteiger partial charge on any atom is -0.352 e. The number of pyridine rings is 1. The SMILES string of the molecule is c1cc[n+](CCC2OCCCO2)cc1. The van der Waals surface area contributed by atoms with E-state index in [0.717, 1.165) is 32.6 Å². The summed E-state index contributed by atoms with van der Waals surface area (Å²) in [7, 11) is 0. The molecule has 0 bridgehead atoms. The van der Waals surface area contributed by atoms with Gasteiger partial charge in [-0.05, 0) is 6.42 Å². The lowest BCUT2D eigenvalue weighted by Gasteiger charge is -2.21. The van der Waals surface area contributed by atoms with Gasteiger partial charge in [-0.2, -0.15) is 0 Å². The lowest BCUT2D eigenvalue weighted by atomic mass is 10.3. The van der Waals surface area contributed by atoms with Crippen LogP contribution in [0, 0.1) is 0 Å². The molecule has 3 nitrogen and oxygen atoms in total. The van der Waals surface area contributed by atoms with Crippen LogP contribution in [0.1, 0.15) is 12.8 Å². The van der Waals surface area contributed by atoms with Gasteiger partial charge in [0.2, 0.25) is 0 Å². The zero-order valence-corrected chi connectivity index (χ0v) is 8.26. The fourth-order valence-electron chi connectivity index (χ4n) is 1.54. The van der Waals surface area contributed by atoms with E-state index >= 15 is 0 Å². The maximum absolute atomic E-state index is 5.46. The number of nitrogens with zero attached hydrogens (tertiary/aromatic N) is 1. The predicted molar refractivity (Wildman–Crippen MR) is 51.6 cm³/mol. The maximum Gasteiger partial charge on any atom is 0.168 e. The first-order valence-corrected chi connectivity index (χ1v) is 5.12. The topological polar surface area (TPSA) is 22.3 Å². The van der Waals surface area contributed by atoms with E-state index in [4.69, 9.17) is 9.47 Å². The number of ether oxygens (including phenoxy) is 2. The van der Waals surface area contributed by atoms with Gasteiger partial charge in [-0.25, -0.2) is 4.57 Å². The third-order valence-corrected chi connectivity index (χ3v) is 2.30. The summed E-state index contributed by atoms with van der Waals surface area (Å²) >= 11 is 0. The van der Waals surface area contributed by atoms with Gasteiger partial charge in [0.1, 0.15) is 0 Å². The third-order valence-electron chi connectivity index (χ3n) is 2.30. The number of rotatable bonds is 3. The number of aryl methyl sites for hydroxylation is 1. The summed E-state index contributed by atoms with van der Waals surface area (Å²) < 4.78 is 13.1. The van der Waals surface area contributed by atoms with Crippen LogP contribution in [0.4, 0.5) is 0 Å². The molecule has 0 saturated carbocycles. The van der Waals surface area contributed by atoms with E-state index in [1.54, 1.807) is 0 Å². The average molecular weight is 194 g/mol. The molecule has 3 heteroatoms. The van der Waals surface area contributed by atoms with E-state index in [1.165, 1.54) is 0 Å². The molecule has 2 rings (SSSR count). The Morgan fingerprint density at radius 2 is 1.79 bits per heavy atom. The molecule has 0 spiro atoms. The van der Waals surface area contributed by atoms with E-state index < -0.39 is 0 Å². The zero-order valence-electron chi connectivity index (χ0n) is 8.26. The second-order valence-electron chi connectivity index (χ2n) is 3.43. The van der Waals surface area contributed by atoms with Gasteiger partial charge in [0.15, 0.2) is 25.2 Å². The predicted octanol–water partition coefficient (Wildman–Crippen LogP) is 1.13. The molecule has 1 aliphatic rings. The standard InChI is InChI=1S/C11H16NO2/c1-2-6-12(7-3-1)8-5-11-13-9-4-10-14-11/h1-3,6-7,11H,4-5,8-10H2/q+1. The van der Waals surface area contributed by atoms with Crippen LogP contribution in [0.3, 0.4) is 0 Å². The Hall–Kier alpha value is -0.930. The smallest absolute Gasteiger partial charge is 0.168 e. The third kappa shape index (κ3) is 2.79. The number of aromatic nitrogens is 1. The molecular formula is C11H16NO2+. The van der Waals surface area contributed by atoms with Crippen LogP contribution in [0.25, 0.3) is 0 Å². The minimum atomic E-state index is -0.00328. The van der Waals surface area contributed by atoms with Crippen LogP contribution in [0.2, 0.25) is 0 Å². The van der Waals surface area contributed by atoms with Crippen molar-refractivity contribution < 1.29 is 14.0 Å². The first-order valence-electron chi connectivity index (χ1n) is 5.12. The minimum absolute atomic E-state index is 0.00328. The van der Waals surface area contributed by atoms with Crippen LogP contribution >= 0.6 is 0 Å². The van der Waals surface area contributed by atoms with Crippen molar-refractivity contribution in [2.45, 2.75) is 25.7 Å². The van der Waals surface area contributed by atoms with Crippen molar-refractivity contribution in [2.24, 2.45) is 0 Å². The van der Waals surface area contributed by atoms with E-state index in [9.17, 15) is 0 Å². The van der Waals surface area contributed by atoms with Crippen molar-refractivity contribution in [2.75, 3.05) is 13.2 Å². The number of hydrogen-bond acceptors (Lipinski definition) is 2. The number of hydrogen-bond donors (Lipinski definition) is 0. The van der Waals surface area contributed by atoms with Gasteiger partial charge in [-0.15, -0.1) is 0 Å². The fourth-order valence-corrected chi connectivity index (χ4v) is 1.54. The normalized spacial score (nSPS) is 18.3. The largest absolute Gasteiger partial charge is 0.352 e. The van der Waals surface area contributed by atoms with Crippen LogP contribution in [0.15, 0.2) is 30.6 Å². The molecule has 1 aromatic rings. The van der Waals surface area contributed by atoms with E-state index in [-0.39, 0.29) is 6.29 Å². The van der Waals surface area contributed by atoms with Crippen molar-refractivity contribution >= 4 is 0 Å². The zero-order chi connectivity index (χ0) is 9.64. The second-order valence-corrected chi connectivity index (χ2v) is 3.43. The van der Waals surface area contributed by atoms with Gasteiger partial charge in [-0.3, -0.25) is 0 Å². The van der Waals surface area contributed by atoms with Crippen molar-refractivity contribution in [1.29, 1.82) is 0 Å². The molecule has 0 atom stereocenters. The Bertz CT molecular complexity index is 257. The van der Waals surface area contributed by atoms with Crippen molar-refractivity contribution in [1.82, 2.24) is 0 Å². The van der Waals surface area contributed by atoms with E-state index in [1.807, 2.05) is 18.2 Å². The summed E-state index contributed by atoms with van der Waals surface area (Å²) in [5, 5.41) is 0. The quantitative estimate of drug-likeness (QED) is 0.673. The highest BCUT2D eigenvalue weighted by Gasteiger charge is 2.15. The van der Waals surface area contributed by atoms with E-state index in [0.29, 0.717) is 0 Å². The Labute approximate surface area is 84.3 Å². The molecule has 0 aliphatic carbocycles. The highest BCUT2D eigenvalue weighted by atomic mass is 16.7. The Kier molecular flexibility index (Phi) is 3.49. The lowest BCUT2D eigenvalue weighted by molar-refractivity contribution is -0.699. The lowest BCUT2D eigenvalue weighted by Crippen LogP contribution is -2.36. The van der Waals surface area contributed by atoms with Crippen LogP contribution in [-0.4, -0.2) is 19.5 Å². The summed E-state index contributed by atoms with van der Waals surface area (Å²) in [6.45, 7) is 2.62. The molecule has 14 heavy (non-hydrogen) atoms. The van der Waals surface area contributed by atoms with E-state index in [2.05, 4.69) is 17.0 Å². The van der Waals surface area contributed by atoms with Gasteiger partial charge in [0, 0.05) is 12.1 Å². The molecule has 1 fully saturated rings. The molecule has 0 amide bonds. The summed E-state index contributed by atoms with van der Waals surface area (Å²) in [5.41, 5.74) is 0. The van der Waals surface area contributed by atoms with Gasteiger partial charge < -0.3 is 9.47 Å². The molecule has 2 heterocycles. The highest BCUT2D eigenvalue weighted by Crippen LogP contribution is 2.07. The van der Waals surface area contributed by atoms with Crippen LogP contribution < -0.4 is 4.57 Å². The molecule has 0 unspecified atom stereocenters. The van der Waals surface area contributed by atoms with Gasteiger partial charge >= 0.3 is 0 Å². The molecule has 0 radical (unpaired) electrons. The van der Waals surface area contributed by atoms with Crippen molar-refractivity contribution in [3.05, 3.63) is 30.6 Å². The van der Waals surface area contributed by atoms with Gasteiger partial charge in [-0.1, -0.05) is 6.07 Å². The summed E-state index contributed by atoms with van der Waals surface area (Å²) in [6, 6.07) is 6.08. The first kappa shape index (κ1) is 9.62. The van der Waals surface area contributed by atoms with Crippen molar-refractivity contribution in [3.8, 4) is 0 Å². The Morgan fingerprint density at radius 3 is 2.50 bits per heavy atom. The molecule has 1 aromatic heterocycles. The van der Waals surface area contributed by atoms with Crippen LogP contribution in [0.5, 0.6) is 0 Å². The first-order chi connectivity index (χ1) is 6.95. The Morgan fingerprint density at radius 1 is 1.07 bits per heavy atom. The molecule has 1 saturated heterocycles. The van der Waals surface area contributed by atoms with Gasteiger partial charge in [0.05, 0.1) is 19.6 Å². The Balaban J connectivity index is 1.76. The van der Waals surface area contributed by atoms with Crippen LogP contribution in [-0.2, 0) is 16.0 Å².